The van der Waals surface area contributed by atoms with Crippen molar-refractivity contribution >= 4 is 17.6 Å². The smallest absolute Gasteiger partial charge is 0.252 e. The van der Waals surface area contributed by atoms with Crippen LogP contribution in [0.1, 0.15) is 30.6 Å². The Morgan fingerprint density at radius 3 is 2.40 bits per heavy atom. The fraction of sp³-hybridized carbons (Fsp3) is 0.550. The molecule has 1 aromatic rings. The number of epoxide rings is 1. The lowest BCUT2D eigenvalue weighted by Crippen LogP contribution is -2.55. The molecule has 0 saturated carbocycles. The minimum absolute atomic E-state index is 0.0619. The van der Waals surface area contributed by atoms with Gasteiger partial charge in [-0.15, -0.1) is 0 Å². The molecule has 4 N–H and O–H groups in total. The van der Waals surface area contributed by atoms with E-state index in [1.165, 1.54) is 12.1 Å². The standard InChI is InChI=1S/C20H26N2O8/c1-11(2)5-13(17(25)20(8-24)9-30-20)21-19(27)14(7-23)22-18(26)12-3-4-15-16(6-12)29-10-28-15/h3-4,6,11,13-14,23-24H,5,7-10H2,1-2H3,(H,21,27)(H,22,26)/t13?,14-,20?/m0/s1. The Balaban J connectivity index is 1.66. The van der Waals surface area contributed by atoms with E-state index >= 15 is 0 Å². The van der Waals surface area contributed by atoms with E-state index in [1.807, 2.05) is 13.8 Å². The predicted octanol–water partition coefficient (Wildman–Crippen LogP) is -0.633. The van der Waals surface area contributed by atoms with Gasteiger partial charge in [0.15, 0.2) is 22.9 Å². The molecule has 3 atom stereocenters. The van der Waals surface area contributed by atoms with Crippen molar-refractivity contribution in [3.05, 3.63) is 23.8 Å². The number of carbonyl (C=O) groups excluding carboxylic acids is 3. The van der Waals surface area contributed by atoms with Gasteiger partial charge in [0.1, 0.15) is 6.04 Å². The first kappa shape index (κ1) is 22.0. The second-order valence-electron chi connectivity index (χ2n) is 7.77. The minimum atomic E-state index is -1.28. The van der Waals surface area contributed by atoms with Crippen LogP contribution < -0.4 is 20.1 Å². The highest BCUT2D eigenvalue weighted by atomic mass is 16.7. The molecule has 2 heterocycles. The summed E-state index contributed by atoms with van der Waals surface area (Å²) in [5.74, 6) is -0.728. The fourth-order valence-electron chi connectivity index (χ4n) is 3.16. The zero-order chi connectivity index (χ0) is 21.9. The molecule has 164 valence electrons. The highest BCUT2D eigenvalue weighted by Gasteiger charge is 2.54. The first-order valence-electron chi connectivity index (χ1n) is 9.70. The van der Waals surface area contributed by atoms with E-state index in [2.05, 4.69) is 10.6 Å². The first-order chi connectivity index (χ1) is 14.3. The second-order valence-corrected chi connectivity index (χ2v) is 7.77. The van der Waals surface area contributed by atoms with E-state index in [0.717, 1.165) is 0 Å². The number of aliphatic hydroxyl groups is 2. The quantitative estimate of drug-likeness (QED) is 0.365. The first-order valence-corrected chi connectivity index (χ1v) is 9.70. The molecule has 0 aromatic heterocycles. The Morgan fingerprint density at radius 1 is 1.10 bits per heavy atom. The largest absolute Gasteiger partial charge is 0.454 e. The van der Waals surface area contributed by atoms with Gasteiger partial charge in [-0.3, -0.25) is 14.4 Å². The summed E-state index contributed by atoms with van der Waals surface area (Å²) in [6, 6.07) is 2.38. The third-order valence-electron chi connectivity index (χ3n) is 4.98. The van der Waals surface area contributed by atoms with Crippen molar-refractivity contribution in [1.29, 1.82) is 0 Å². The zero-order valence-corrected chi connectivity index (χ0v) is 16.8. The van der Waals surface area contributed by atoms with E-state index in [0.29, 0.717) is 17.9 Å². The van der Waals surface area contributed by atoms with Crippen molar-refractivity contribution in [3.63, 3.8) is 0 Å². The van der Waals surface area contributed by atoms with Crippen LogP contribution in [0.5, 0.6) is 11.5 Å². The summed E-state index contributed by atoms with van der Waals surface area (Å²) in [5, 5.41) is 24.1. The van der Waals surface area contributed by atoms with Crippen molar-refractivity contribution in [1.82, 2.24) is 10.6 Å². The molecule has 2 amide bonds. The van der Waals surface area contributed by atoms with Gasteiger partial charge < -0.3 is 35.1 Å². The molecule has 10 heteroatoms. The Morgan fingerprint density at radius 2 is 1.80 bits per heavy atom. The Hall–Kier alpha value is -2.69. The molecule has 2 aliphatic rings. The molecule has 3 rings (SSSR count). The summed E-state index contributed by atoms with van der Waals surface area (Å²) >= 11 is 0. The monoisotopic (exact) mass is 422 g/mol. The van der Waals surface area contributed by atoms with Crippen molar-refractivity contribution in [2.24, 2.45) is 5.92 Å². The third-order valence-corrected chi connectivity index (χ3v) is 4.98. The van der Waals surface area contributed by atoms with Gasteiger partial charge in [-0.05, 0) is 30.5 Å². The summed E-state index contributed by atoms with van der Waals surface area (Å²) in [6.07, 6.45) is 0.323. The van der Waals surface area contributed by atoms with Crippen LogP contribution in [0, 0.1) is 5.92 Å². The van der Waals surface area contributed by atoms with Gasteiger partial charge in [-0.1, -0.05) is 13.8 Å². The van der Waals surface area contributed by atoms with Crippen LogP contribution in [0.25, 0.3) is 0 Å². The summed E-state index contributed by atoms with van der Waals surface area (Å²) in [7, 11) is 0. The molecular weight excluding hydrogens is 396 g/mol. The predicted molar refractivity (Wildman–Crippen MR) is 103 cm³/mol. The molecule has 1 fully saturated rings. The molecule has 0 bridgehead atoms. The average molecular weight is 422 g/mol. The molecule has 2 unspecified atom stereocenters. The number of nitrogens with one attached hydrogen (secondary N) is 2. The van der Waals surface area contributed by atoms with E-state index < -0.39 is 48.5 Å². The average Bonchev–Trinajstić information content (AvgIpc) is 3.39. The maximum atomic E-state index is 12.7. The SMILES string of the molecule is CC(C)CC(NC(=O)[C@H](CO)NC(=O)c1ccc2c(c1)OCO2)C(=O)C1(CO)CO1. The number of ketones is 1. The minimum Gasteiger partial charge on any atom is -0.454 e. The van der Waals surface area contributed by atoms with Crippen LogP contribution in [0.3, 0.4) is 0 Å². The molecule has 2 aliphatic heterocycles. The van der Waals surface area contributed by atoms with E-state index in [9.17, 15) is 24.6 Å². The Kier molecular flexibility index (Phi) is 6.59. The van der Waals surface area contributed by atoms with Gasteiger partial charge in [0.05, 0.1) is 25.9 Å². The molecule has 0 aliphatic carbocycles. The van der Waals surface area contributed by atoms with Gasteiger partial charge in [0.25, 0.3) is 5.91 Å². The lowest BCUT2D eigenvalue weighted by atomic mass is 9.92. The molecular formula is C20H26N2O8. The molecule has 30 heavy (non-hydrogen) atoms. The summed E-state index contributed by atoms with van der Waals surface area (Å²) < 4.78 is 15.5. The number of ether oxygens (including phenoxy) is 3. The van der Waals surface area contributed by atoms with E-state index in [1.54, 1.807) is 6.07 Å². The number of Topliss-reactive ketones (excluding diaryl/α,β-unsaturated/α-hetero) is 1. The fourth-order valence-corrected chi connectivity index (χ4v) is 3.16. The number of hydrogen-bond acceptors (Lipinski definition) is 8. The lowest BCUT2D eigenvalue weighted by molar-refractivity contribution is -0.133. The van der Waals surface area contributed by atoms with Gasteiger partial charge in [0, 0.05) is 5.56 Å². The number of hydrogen-bond donors (Lipinski definition) is 4. The van der Waals surface area contributed by atoms with Crippen molar-refractivity contribution < 1.29 is 38.8 Å². The van der Waals surface area contributed by atoms with Crippen LogP contribution in [0.4, 0.5) is 0 Å². The van der Waals surface area contributed by atoms with Crippen molar-refractivity contribution in [2.45, 2.75) is 38.0 Å². The number of carbonyl (C=O) groups is 3. The van der Waals surface area contributed by atoms with Crippen LogP contribution >= 0.6 is 0 Å². The maximum Gasteiger partial charge on any atom is 0.252 e. The van der Waals surface area contributed by atoms with Gasteiger partial charge in [-0.2, -0.15) is 0 Å². The third kappa shape index (κ3) is 4.72. The molecule has 1 saturated heterocycles. The van der Waals surface area contributed by atoms with Crippen LogP contribution in [0.2, 0.25) is 0 Å². The molecule has 0 spiro atoms. The number of fused-ring (bicyclic) bond motifs is 1. The van der Waals surface area contributed by atoms with Crippen LogP contribution in [0.15, 0.2) is 18.2 Å². The summed E-state index contributed by atoms with van der Waals surface area (Å²) in [4.78, 5) is 37.9. The lowest BCUT2D eigenvalue weighted by Gasteiger charge is -2.24. The van der Waals surface area contributed by atoms with Crippen LogP contribution in [-0.2, 0) is 14.3 Å². The van der Waals surface area contributed by atoms with Crippen LogP contribution in [-0.4, -0.2) is 72.1 Å². The number of aliphatic hydroxyl groups excluding tert-OH is 2. The van der Waals surface area contributed by atoms with Gasteiger partial charge in [-0.25, -0.2) is 0 Å². The van der Waals surface area contributed by atoms with Gasteiger partial charge >= 0.3 is 0 Å². The summed E-state index contributed by atoms with van der Waals surface area (Å²) in [6.45, 7) is 2.80. The van der Waals surface area contributed by atoms with Crippen molar-refractivity contribution in [3.8, 4) is 11.5 Å². The van der Waals surface area contributed by atoms with Gasteiger partial charge in [0.2, 0.25) is 12.7 Å². The topological polar surface area (TPSA) is 147 Å². The Bertz CT molecular complexity index is 821. The highest BCUT2D eigenvalue weighted by Crippen LogP contribution is 2.32. The van der Waals surface area contributed by atoms with E-state index in [4.69, 9.17) is 14.2 Å². The van der Waals surface area contributed by atoms with E-state index in [-0.39, 0.29) is 24.9 Å². The molecule has 10 nitrogen and oxygen atoms in total. The maximum absolute atomic E-state index is 12.7. The number of amides is 2. The highest BCUT2D eigenvalue weighted by molar-refractivity contribution is 6.00. The summed E-state index contributed by atoms with van der Waals surface area (Å²) in [5.41, 5.74) is -1.05. The zero-order valence-electron chi connectivity index (χ0n) is 16.8. The second kappa shape index (κ2) is 8.99. The molecule has 1 aromatic carbocycles. The number of rotatable bonds is 10. The molecule has 0 radical (unpaired) electrons. The van der Waals surface area contributed by atoms with Crippen molar-refractivity contribution in [2.75, 3.05) is 26.6 Å². The normalized spacial score (nSPS) is 21.1. The Labute approximate surface area is 173 Å². The number of benzene rings is 1.